The molecule has 2 aliphatic rings. The second kappa shape index (κ2) is 17.5. The fraction of sp³-hybridized carbons (Fsp3) is 0.656. The Labute approximate surface area is 260 Å². The number of hydrogen-bond acceptors (Lipinski definition) is 11. The van der Waals surface area contributed by atoms with Crippen molar-refractivity contribution in [3.63, 3.8) is 0 Å². The Morgan fingerprint density at radius 2 is 1.82 bits per heavy atom. The first-order chi connectivity index (χ1) is 21.7. The van der Waals surface area contributed by atoms with Crippen molar-refractivity contribution in [1.29, 1.82) is 0 Å². The molecule has 12 heteroatoms. The van der Waals surface area contributed by atoms with Crippen molar-refractivity contribution < 1.29 is 24.1 Å². The molecule has 0 saturated carbocycles. The monoisotopic (exact) mass is 611 g/mol. The van der Waals surface area contributed by atoms with Crippen LogP contribution in [0.2, 0.25) is 0 Å². The molecular weight excluding hydrogens is 562 g/mol. The van der Waals surface area contributed by atoms with Gasteiger partial charge < -0.3 is 39.6 Å². The second-order valence-corrected chi connectivity index (χ2v) is 11.4. The van der Waals surface area contributed by atoms with Crippen LogP contribution >= 0.6 is 0 Å². The number of aromatic nitrogens is 4. The molecule has 3 N–H and O–H groups in total. The quantitative estimate of drug-likeness (QED) is 0.184. The van der Waals surface area contributed by atoms with E-state index in [0.29, 0.717) is 64.2 Å². The molecule has 12 nitrogen and oxygen atoms in total. The van der Waals surface area contributed by atoms with Crippen LogP contribution in [0.25, 0.3) is 5.65 Å². The summed E-state index contributed by atoms with van der Waals surface area (Å²) in [6.07, 6.45) is 11.2. The number of nitrogens with zero attached hydrogens (tertiary/aromatic N) is 5. The lowest BCUT2D eigenvalue weighted by Gasteiger charge is -2.36. The molecule has 0 bridgehead atoms. The molecule has 0 radical (unpaired) electrons. The third-order valence-corrected chi connectivity index (χ3v) is 8.28. The van der Waals surface area contributed by atoms with Gasteiger partial charge in [0.1, 0.15) is 18.2 Å². The molecule has 2 saturated heterocycles. The van der Waals surface area contributed by atoms with Crippen LogP contribution in [0.4, 0.5) is 11.6 Å². The number of pyridine rings is 1. The molecule has 0 spiro atoms. The lowest BCUT2D eigenvalue weighted by atomic mass is 9.99. The number of aliphatic hydroxyl groups is 1. The molecule has 2 aliphatic heterocycles. The Balaban J connectivity index is 1.04. The lowest BCUT2D eigenvalue weighted by Crippen LogP contribution is -2.40. The molecule has 0 aliphatic carbocycles. The van der Waals surface area contributed by atoms with Crippen LogP contribution in [0.5, 0.6) is 5.88 Å². The van der Waals surface area contributed by atoms with Gasteiger partial charge in [0, 0.05) is 49.6 Å². The summed E-state index contributed by atoms with van der Waals surface area (Å²) >= 11 is 0. The highest BCUT2D eigenvalue weighted by molar-refractivity contribution is 5.61. The Hall–Kier alpha value is -3.03. The molecule has 5 rings (SSSR count). The molecule has 0 unspecified atom stereocenters. The van der Waals surface area contributed by atoms with Crippen molar-refractivity contribution >= 4 is 17.3 Å². The SMILES string of the molecule is CCc1cnn2c(NCc3ccc(OCCOCCOCCOC4CCNCC4)nc3)cc(N3CCCC[C@H]3CCO)nc12. The molecular formula is C32H49N7O5. The van der Waals surface area contributed by atoms with Crippen LogP contribution in [0.15, 0.2) is 30.6 Å². The van der Waals surface area contributed by atoms with Crippen molar-refractivity contribution in [1.82, 2.24) is 24.9 Å². The van der Waals surface area contributed by atoms with Gasteiger partial charge in [-0.3, -0.25) is 0 Å². The van der Waals surface area contributed by atoms with E-state index in [2.05, 4.69) is 38.6 Å². The zero-order valence-corrected chi connectivity index (χ0v) is 26.1. The van der Waals surface area contributed by atoms with E-state index in [1.807, 2.05) is 29.0 Å². The van der Waals surface area contributed by atoms with E-state index in [-0.39, 0.29) is 6.61 Å². The van der Waals surface area contributed by atoms with Crippen LogP contribution < -0.4 is 20.3 Å². The zero-order valence-electron chi connectivity index (χ0n) is 26.1. The van der Waals surface area contributed by atoms with Gasteiger partial charge in [0.15, 0.2) is 5.65 Å². The van der Waals surface area contributed by atoms with Gasteiger partial charge in [-0.2, -0.15) is 9.61 Å². The molecule has 5 heterocycles. The molecule has 3 aromatic rings. The Morgan fingerprint density at radius 1 is 1.00 bits per heavy atom. The molecule has 44 heavy (non-hydrogen) atoms. The van der Waals surface area contributed by atoms with Crippen molar-refractivity contribution in [2.24, 2.45) is 0 Å². The maximum atomic E-state index is 9.63. The van der Waals surface area contributed by atoms with Gasteiger partial charge in [-0.1, -0.05) is 13.0 Å². The minimum Gasteiger partial charge on any atom is -0.475 e. The maximum absolute atomic E-state index is 9.63. The predicted octanol–water partition coefficient (Wildman–Crippen LogP) is 3.22. The van der Waals surface area contributed by atoms with E-state index in [9.17, 15) is 5.11 Å². The number of aryl methyl sites for hydroxylation is 1. The molecule has 3 aromatic heterocycles. The normalized spacial score (nSPS) is 17.8. The summed E-state index contributed by atoms with van der Waals surface area (Å²) in [4.78, 5) is 11.8. The second-order valence-electron chi connectivity index (χ2n) is 11.4. The maximum Gasteiger partial charge on any atom is 0.213 e. The van der Waals surface area contributed by atoms with E-state index in [0.717, 1.165) is 86.6 Å². The van der Waals surface area contributed by atoms with Crippen molar-refractivity contribution in [2.45, 2.75) is 70.6 Å². The van der Waals surface area contributed by atoms with Gasteiger partial charge in [0.25, 0.3) is 0 Å². The van der Waals surface area contributed by atoms with Crippen molar-refractivity contribution in [2.75, 3.05) is 76.1 Å². The lowest BCUT2D eigenvalue weighted by molar-refractivity contribution is -0.0215. The number of nitrogens with one attached hydrogen (secondary N) is 2. The first-order valence-electron chi connectivity index (χ1n) is 16.3. The van der Waals surface area contributed by atoms with Gasteiger partial charge in [-0.15, -0.1) is 0 Å². The van der Waals surface area contributed by atoms with E-state index < -0.39 is 0 Å². The highest BCUT2D eigenvalue weighted by Crippen LogP contribution is 2.29. The van der Waals surface area contributed by atoms with Crippen LogP contribution in [-0.2, 0) is 27.2 Å². The number of ether oxygens (including phenoxy) is 4. The Morgan fingerprint density at radius 3 is 2.59 bits per heavy atom. The zero-order chi connectivity index (χ0) is 30.4. The number of aliphatic hydroxyl groups excluding tert-OH is 1. The van der Waals surface area contributed by atoms with Gasteiger partial charge in [-0.25, -0.2) is 9.97 Å². The average molecular weight is 612 g/mol. The van der Waals surface area contributed by atoms with Crippen LogP contribution in [-0.4, -0.2) is 103 Å². The van der Waals surface area contributed by atoms with Gasteiger partial charge >= 0.3 is 0 Å². The summed E-state index contributed by atoms with van der Waals surface area (Å²) < 4.78 is 24.7. The molecule has 0 amide bonds. The summed E-state index contributed by atoms with van der Waals surface area (Å²) in [5.41, 5.74) is 3.02. The standard InChI is InChI=1S/C32H49N7O5/c1-2-26-24-36-39-29(21-30(37-32(26)39)38-13-4-3-5-27(38)10-14-40)34-22-25-6-7-31(35-23-25)44-20-18-42-16-15-41-17-19-43-28-8-11-33-12-9-28/h6-7,21,23-24,27-28,33-34,40H,2-5,8-20,22H2,1H3/t27-/m0/s1. The molecule has 242 valence electrons. The fourth-order valence-corrected chi connectivity index (χ4v) is 5.83. The van der Waals surface area contributed by atoms with Crippen LogP contribution in [0, 0.1) is 0 Å². The summed E-state index contributed by atoms with van der Waals surface area (Å²) in [7, 11) is 0. The van der Waals surface area contributed by atoms with E-state index in [1.165, 1.54) is 6.42 Å². The summed E-state index contributed by atoms with van der Waals surface area (Å²) in [5, 5.41) is 21.1. The van der Waals surface area contributed by atoms with E-state index in [1.54, 1.807) is 0 Å². The Bertz CT molecular complexity index is 1250. The summed E-state index contributed by atoms with van der Waals surface area (Å²) in [6.45, 7) is 9.09. The molecule has 0 aromatic carbocycles. The number of fused-ring (bicyclic) bond motifs is 1. The smallest absolute Gasteiger partial charge is 0.213 e. The first kappa shape index (κ1) is 32.4. The number of rotatable bonds is 18. The number of piperidine rings is 2. The summed E-state index contributed by atoms with van der Waals surface area (Å²) in [6, 6.07) is 6.27. The minimum absolute atomic E-state index is 0.186. The summed E-state index contributed by atoms with van der Waals surface area (Å²) in [5.74, 6) is 2.39. The van der Waals surface area contributed by atoms with E-state index >= 15 is 0 Å². The van der Waals surface area contributed by atoms with Gasteiger partial charge in [0.05, 0.1) is 45.3 Å². The topological polar surface area (TPSA) is 128 Å². The van der Waals surface area contributed by atoms with Gasteiger partial charge in [0.2, 0.25) is 5.88 Å². The predicted molar refractivity (Wildman–Crippen MR) is 170 cm³/mol. The average Bonchev–Trinajstić information content (AvgIpc) is 3.49. The van der Waals surface area contributed by atoms with Crippen molar-refractivity contribution in [3.05, 3.63) is 41.7 Å². The van der Waals surface area contributed by atoms with Crippen molar-refractivity contribution in [3.8, 4) is 5.88 Å². The molecule has 2 fully saturated rings. The number of hydrogen-bond donors (Lipinski definition) is 3. The highest BCUT2D eigenvalue weighted by Gasteiger charge is 2.25. The number of anilines is 2. The van der Waals surface area contributed by atoms with Gasteiger partial charge in [-0.05, 0) is 63.6 Å². The highest BCUT2D eigenvalue weighted by atomic mass is 16.6. The van der Waals surface area contributed by atoms with E-state index in [4.69, 9.17) is 23.9 Å². The third kappa shape index (κ3) is 9.24. The van der Waals surface area contributed by atoms with Crippen LogP contribution in [0.1, 0.15) is 56.6 Å². The third-order valence-electron chi connectivity index (χ3n) is 8.28. The first-order valence-corrected chi connectivity index (χ1v) is 16.3. The fourth-order valence-electron chi connectivity index (χ4n) is 5.83. The largest absolute Gasteiger partial charge is 0.475 e. The molecule has 1 atom stereocenters. The Kier molecular flexibility index (Phi) is 12.8. The minimum atomic E-state index is 0.186. The van der Waals surface area contributed by atoms with Crippen LogP contribution in [0.3, 0.4) is 0 Å².